The second-order valence-electron chi connectivity index (χ2n) is 8.81. The second kappa shape index (κ2) is 8.35. The minimum absolute atomic E-state index is 0.205. The number of piperidine rings is 1. The van der Waals surface area contributed by atoms with E-state index < -0.39 is 0 Å². The average molecular weight is 418 g/mol. The molecule has 162 valence electrons. The molecule has 1 amide bonds. The van der Waals surface area contributed by atoms with Crippen molar-refractivity contribution in [2.75, 3.05) is 44.2 Å². The molecule has 0 aliphatic carbocycles. The fourth-order valence-corrected chi connectivity index (χ4v) is 4.95. The number of fused-ring (bicyclic) bond motifs is 1. The predicted octanol–water partition coefficient (Wildman–Crippen LogP) is 3.27. The molecule has 2 saturated heterocycles. The summed E-state index contributed by atoms with van der Waals surface area (Å²) in [6.45, 7) is 9.58. The van der Waals surface area contributed by atoms with Gasteiger partial charge >= 0.3 is 0 Å². The Hall–Kier alpha value is -2.86. The molecule has 0 saturated carbocycles. The van der Waals surface area contributed by atoms with Crippen molar-refractivity contribution in [1.82, 2.24) is 19.6 Å². The lowest BCUT2D eigenvalue weighted by atomic mass is 9.96. The van der Waals surface area contributed by atoms with Crippen molar-refractivity contribution < 1.29 is 4.79 Å². The molecule has 0 atom stereocenters. The van der Waals surface area contributed by atoms with Gasteiger partial charge in [-0.05, 0) is 69.6 Å². The number of carbonyl (C=O) groups is 1. The molecule has 2 aliphatic rings. The van der Waals surface area contributed by atoms with Crippen LogP contribution in [0.5, 0.6) is 0 Å². The Morgan fingerprint density at radius 1 is 1.03 bits per heavy atom. The molecule has 2 fully saturated rings. The number of imidazole rings is 1. The van der Waals surface area contributed by atoms with Gasteiger partial charge in [0.2, 0.25) is 5.91 Å². The first-order valence-corrected chi connectivity index (χ1v) is 11.4. The molecule has 0 radical (unpaired) electrons. The summed E-state index contributed by atoms with van der Waals surface area (Å²) in [4.78, 5) is 22.3. The summed E-state index contributed by atoms with van der Waals surface area (Å²) in [5, 5.41) is 3.35. The zero-order valence-electron chi connectivity index (χ0n) is 18.5. The Bertz CT molecular complexity index is 1090. The molecule has 0 unspecified atom stereocenters. The Kier molecular flexibility index (Phi) is 5.40. The van der Waals surface area contributed by atoms with Gasteiger partial charge in [0.25, 0.3) is 0 Å². The minimum atomic E-state index is 0.205. The predicted molar refractivity (Wildman–Crippen MR) is 124 cm³/mol. The highest BCUT2D eigenvalue weighted by molar-refractivity contribution is 5.79. The Morgan fingerprint density at radius 3 is 2.55 bits per heavy atom. The van der Waals surface area contributed by atoms with E-state index in [0.29, 0.717) is 5.91 Å². The number of nitrogens with zero attached hydrogens (tertiary/aromatic N) is 4. The number of nitrogens with one attached hydrogen (secondary N) is 1. The van der Waals surface area contributed by atoms with Crippen LogP contribution in [0.4, 0.5) is 5.69 Å². The summed E-state index contributed by atoms with van der Waals surface area (Å²) in [6, 6.07) is 12.8. The van der Waals surface area contributed by atoms with Crippen LogP contribution in [0.15, 0.2) is 42.6 Å². The molecule has 3 aromatic rings. The van der Waals surface area contributed by atoms with Gasteiger partial charge in [-0.1, -0.05) is 12.1 Å². The average Bonchev–Trinajstić information content (AvgIpc) is 3.16. The topological polar surface area (TPSA) is 52.9 Å². The van der Waals surface area contributed by atoms with Crippen LogP contribution >= 0.6 is 0 Å². The third-order valence-electron chi connectivity index (χ3n) is 6.89. The van der Waals surface area contributed by atoms with Crippen molar-refractivity contribution in [3.8, 4) is 11.3 Å². The van der Waals surface area contributed by atoms with Gasteiger partial charge in [-0.15, -0.1) is 0 Å². The smallest absolute Gasteiger partial charge is 0.225 e. The molecule has 1 N–H and O–H groups in total. The number of aryl methyl sites for hydroxylation is 2. The van der Waals surface area contributed by atoms with Gasteiger partial charge < -0.3 is 19.5 Å². The molecule has 6 heteroatoms. The van der Waals surface area contributed by atoms with Gasteiger partial charge in [0.05, 0.1) is 5.69 Å². The van der Waals surface area contributed by atoms with E-state index >= 15 is 0 Å². The molecule has 5 rings (SSSR count). The Morgan fingerprint density at radius 2 is 1.81 bits per heavy atom. The Balaban J connectivity index is 1.34. The number of hydrogen-bond acceptors (Lipinski definition) is 4. The van der Waals surface area contributed by atoms with E-state index in [9.17, 15) is 4.79 Å². The summed E-state index contributed by atoms with van der Waals surface area (Å²) in [6.07, 6.45) is 4.01. The van der Waals surface area contributed by atoms with Gasteiger partial charge in [0, 0.05) is 55.2 Å². The summed E-state index contributed by atoms with van der Waals surface area (Å²) in [5.41, 5.74) is 6.82. The summed E-state index contributed by atoms with van der Waals surface area (Å²) in [7, 11) is 0. The summed E-state index contributed by atoms with van der Waals surface area (Å²) < 4.78 is 2.15. The van der Waals surface area contributed by atoms with Crippen molar-refractivity contribution in [1.29, 1.82) is 0 Å². The number of benzene rings is 1. The zero-order chi connectivity index (χ0) is 21.4. The summed E-state index contributed by atoms with van der Waals surface area (Å²) in [5.74, 6) is 0.558. The van der Waals surface area contributed by atoms with Crippen molar-refractivity contribution in [3.05, 3.63) is 53.9 Å². The lowest BCUT2D eigenvalue weighted by Crippen LogP contribution is -2.51. The highest BCUT2D eigenvalue weighted by Gasteiger charge is 2.28. The van der Waals surface area contributed by atoms with Gasteiger partial charge in [0.15, 0.2) is 0 Å². The first-order valence-electron chi connectivity index (χ1n) is 11.4. The number of pyridine rings is 1. The first-order chi connectivity index (χ1) is 15.1. The number of amides is 1. The van der Waals surface area contributed by atoms with Crippen LogP contribution in [0.1, 0.15) is 24.1 Å². The monoisotopic (exact) mass is 417 g/mol. The number of carbonyl (C=O) groups excluding carboxylic acids is 1. The molecule has 4 heterocycles. The standard InChI is InChI=1S/C25H31N5O/c1-18-6-7-21(17-22(18)24-19(2)30-12-4-3-5-23(30)27-24)28-13-15-29(16-14-28)25(31)20-8-10-26-11-9-20/h3-7,12,17,20,26H,8-11,13-16H2,1-2H3. The normalized spacial score (nSPS) is 18.0. The van der Waals surface area contributed by atoms with Gasteiger partial charge in [-0.2, -0.15) is 0 Å². The number of piperazine rings is 1. The Labute approximate surface area is 183 Å². The first kappa shape index (κ1) is 20.1. The van der Waals surface area contributed by atoms with E-state index in [4.69, 9.17) is 4.98 Å². The van der Waals surface area contributed by atoms with Crippen LogP contribution in [0.2, 0.25) is 0 Å². The van der Waals surface area contributed by atoms with Gasteiger partial charge in [-0.3, -0.25) is 4.79 Å². The van der Waals surface area contributed by atoms with E-state index in [-0.39, 0.29) is 5.92 Å². The third kappa shape index (κ3) is 3.81. The van der Waals surface area contributed by atoms with Crippen LogP contribution in [0.25, 0.3) is 16.9 Å². The van der Waals surface area contributed by atoms with Crippen molar-refractivity contribution in [2.24, 2.45) is 5.92 Å². The second-order valence-corrected chi connectivity index (χ2v) is 8.81. The SMILES string of the molecule is Cc1ccc(N2CCN(C(=O)C3CCNCC3)CC2)cc1-c1nc2ccccn2c1C. The van der Waals surface area contributed by atoms with Crippen LogP contribution in [-0.2, 0) is 4.79 Å². The van der Waals surface area contributed by atoms with E-state index in [0.717, 1.165) is 69.1 Å². The molecule has 2 aromatic heterocycles. The fourth-order valence-electron chi connectivity index (χ4n) is 4.95. The number of rotatable bonds is 3. The van der Waals surface area contributed by atoms with Crippen LogP contribution in [0.3, 0.4) is 0 Å². The summed E-state index contributed by atoms with van der Waals surface area (Å²) >= 11 is 0. The maximum Gasteiger partial charge on any atom is 0.225 e. The largest absolute Gasteiger partial charge is 0.368 e. The molecule has 0 bridgehead atoms. The fraction of sp³-hybridized carbons (Fsp3) is 0.440. The van der Waals surface area contributed by atoms with Crippen molar-refractivity contribution in [2.45, 2.75) is 26.7 Å². The molecule has 0 spiro atoms. The quantitative estimate of drug-likeness (QED) is 0.711. The maximum absolute atomic E-state index is 12.9. The van der Waals surface area contributed by atoms with E-state index in [1.807, 2.05) is 18.2 Å². The molecule has 2 aliphatic heterocycles. The highest BCUT2D eigenvalue weighted by Crippen LogP contribution is 2.31. The van der Waals surface area contributed by atoms with E-state index in [1.165, 1.54) is 16.8 Å². The molecule has 31 heavy (non-hydrogen) atoms. The third-order valence-corrected chi connectivity index (χ3v) is 6.89. The van der Waals surface area contributed by atoms with E-state index in [1.54, 1.807) is 0 Å². The lowest BCUT2D eigenvalue weighted by molar-refractivity contribution is -0.136. The number of anilines is 1. The highest BCUT2D eigenvalue weighted by atomic mass is 16.2. The van der Waals surface area contributed by atoms with Crippen LogP contribution in [-0.4, -0.2) is 59.5 Å². The molecular formula is C25H31N5O. The number of hydrogen-bond donors (Lipinski definition) is 1. The van der Waals surface area contributed by atoms with E-state index in [2.05, 4.69) is 57.8 Å². The van der Waals surface area contributed by atoms with Crippen molar-refractivity contribution >= 4 is 17.2 Å². The van der Waals surface area contributed by atoms with Crippen LogP contribution < -0.4 is 10.2 Å². The lowest BCUT2D eigenvalue weighted by Gasteiger charge is -2.38. The van der Waals surface area contributed by atoms with Crippen molar-refractivity contribution in [3.63, 3.8) is 0 Å². The molecular weight excluding hydrogens is 386 g/mol. The molecule has 1 aromatic carbocycles. The van der Waals surface area contributed by atoms with Crippen LogP contribution in [0, 0.1) is 19.8 Å². The number of aromatic nitrogens is 2. The molecule has 6 nitrogen and oxygen atoms in total. The zero-order valence-corrected chi connectivity index (χ0v) is 18.5. The van der Waals surface area contributed by atoms with Gasteiger partial charge in [-0.25, -0.2) is 4.98 Å². The van der Waals surface area contributed by atoms with Gasteiger partial charge in [0.1, 0.15) is 5.65 Å². The maximum atomic E-state index is 12.9. The minimum Gasteiger partial charge on any atom is -0.368 e.